The molecule has 1 aliphatic rings. The van der Waals surface area contributed by atoms with Crippen molar-refractivity contribution in [3.63, 3.8) is 0 Å². The Hall–Kier alpha value is -2.81. The van der Waals surface area contributed by atoms with Gasteiger partial charge in [0.15, 0.2) is 11.9 Å². The number of halogens is 1. The summed E-state index contributed by atoms with van der Waals surface area (Å²) in [5, 5.41) is 0. The number of ether oxygens (including phenoxy) is 2. The molecule has 2 aromatic rings. The van der Waals surface area contributed by atoms with Gasteiger partial charge in [-0.15, -0.1) is 0 Å². The molecule has 146 valence electrons. The van der Waals surface area contributed by atoms with E-state index in [9.17, 15) is 14.0 Å². The fraction of sp³-hybridized carbons (Fsp3) is 0.444. The van der Waals surface area contributed by atoms with Crippen LogP contribution in [0.15, 0.2) is 29.3 Å². The molecule has 9 heteroatoms. The zero-order valence-electron chi connectivity index (χ0n) is 14.5. The minimum atomic E-state index is -0.723. The monoisotopic (exact) mass is 378 g/mol. The third-order valence-electron chi connectivity index (χ3n) is 4.10. The van der Waals surface area contributed by atoms with Crippen LogP contribution < -0.4 is 10.5 Å². The average Bonchev–Trinajstić information content (AvgIpc) is 2.64. The third kappa shape index (κ3) is 4.13. The Morgan fingerprint density at radius 2 is 2.26 bits per heavy atom. The van der Waals surface area contributed by atoms with Crippen LogP contribution in [0.25, 0.3) is 11.3 Å². The van der Waals surface area contributed by atoms with Gasteiger partial charge in [-0.05, 0) is 13.0 Å². The van der Waals surface area contributed by atoms with E-state index < -0.39 is 17.8 Å². The Morgan fingerprint density at radius 3 is 2.96 bits per heavy atom. The molecule has 0 aliphatic carbocycles. The maximum absolute atomic E-state index is 14.1. The molecule has 0 bridgehead atoms. The Kier molecular flexibility index (Phi) is 6.62. The SMILES string of the molecule is C.CCOC(=O)C1COCCN1c1nc(-c2ccncc2F)cc(=O)n1C. The second-order valence-electron chi connectivity index (χ2n) is 5.73. The van der Waals surface area contributed by atoms with Crippen molar-refractivity contribution in [1.29, 1.82) is 0 Å². The van der Waals surface area contributed by atoms with Gasteiger partial charge in [-0.1, -0.05) is 7.43 Å². The Bertz CT molecular complexity index is 871. The van der Waals surface area contributed by atoms with E-state index in [1.165, 1.54) is 22.9 Å². The fourth-order valence-corrected chi connectivity index (χ4v) is 2.78. The van der Waals surface area contributed by atoms with Gasteiger partial charge in [0.25, 0.3) is 5.56 Å². The molecular formula is C18H23FN4O4. The molecule has 1 aliphatic heterocycles. The number of aromatic nitrogens is 3. The number of esters is 1. The Balaban J connectivity index is 0.00000261. The molecule has 8 nitrogen and oxygen atoms in total. The lowest BCUT2D eigenvalue weighted by Crippen LogP contribution is -2.52. The van der Waals surface area contributed by atoms with Crippen molar-refractivity contribution in [3.8, 4) is 11.3 Å². The molecule has 27 heavy (non-hydrogen) atoms. The van der Waals surface area contributed by atoms with Gasteiger partial charge in [-0.25, -0.2) is 14.2 Å². The number of morpholine rings is 1. The first-order valence-electron chi connectivity index (χ1n) is 8.22. The number of rotatable bonds is 4. The van der Waals surface area contributed by atoms with Gasteiger partial charge < -0.3 is 14.4 Å². The molecule has 0 spiro atoms. The molecule has 2 aromatic heterocycles. The van der Waals surface area contributed by atoms with Gasteiger partial charge in [0.2, 0.25) is 5.95 Å². The molecule has 1 saturated heterocycles. The summed E-state index contributed by atoms with van der Waals surface area (Å²) >= 11 is 0. The summed E-state index contributed by atoms with van der Waals surface area (Å²) < 4.78 is 25.9. The molecule has 0 amide bonds. The molecule has 0 saturated carbocycles. The number of hydrogen-bond acceptors (Lipinski definition) is 7. The summed E-state index contributed by atoms with van der Waals surface area (Å²) in [6.07, 6.45) is 2.48. The number of nitrogens with zero attached hydrogens (tertiary/aromatic N) is 4. The van der Waals surface area contributed by atoms with Gasteiger partial charge in [-0.3, -0.25) is 14.3 Å². The maximum atomic E-state index is 14.1. The van der Waals surface area contributed by atoms with Crippen LogP contribution in [-0.2, 0) is 21.3 Å². The molecule has 1 unspecified atom stereocenters. The van der Waals surface area contributed by atoms with E-state index in [0.29, 0.717) is 13.2 Å². The number of carbonyl (C=O) groups is 1. The minimum Gasteiger partial charge on any atom is -0.464 e. The summed E-state index contributed by atoms with van der Waals surface area (Å²) in [7, 11) is 1.55. The lowest BCUT2D eigenvalue weighted by Gasteiger charge is -2.35. The minimum absolute atomic E-state index is 0. The highest BCUT2D eigenvalue weighted by atomic mass is 19.1. The fourth-order valence-electron chi connectivity index (χ4n) is 2.78. The van der Waals surface area contributed by atoms with Gasteiger partial charge >= 0.3 is 5.97 Å². The van der Waals surface area contributed by atoms with Gasteiger partial charge in [-0.2, -0.15) is 0 Å². The molecule has 1 atom stereocenters. The Morgan fingerprint density at radius 1 is 1.48 bits per heavy atom. The van der Waals surface area contributed by atoms with E-state index >= 15 is 0 Å². The Labute approximate surface area is 156 Å². The second kappa shape index (κ2) is 8.72. The molecule has 3 rings (SSSR count). The molecule has 0 radical (unpaired) electrons. The van der Waals surface area contributed by atoms with E-state index in [4.69, 9.17) is 9.47 Å². The van der Waals surface area contributed by atoms with Crippen LogP contribution in [0, 0.1) is 5.82 Å². The van der Waals surface area contributed by atoms with E-state index in [0.717, 1.165) is 6.20 Å². The standard InChI is InChI=1S/C17H19FN4O4.CH4/c1-3-26-16(24)14-10-25-7-6-22(14)17-20-13(8-15(23)21(17)2)11-4-5-19-9-12(11)18;/h4-5,8-9,14H,3,6-7,10H2,1-2H3;1H4. The van der Waals surface area contributed by atoms with Gasteiger partial charge in [0.05, 0.1) is 31.7 Å². The van der Waals surface area contributed by atoms with Crippen LogP contribution in [0.4, 0.5) is 10.3 Å². The zero-order chi connectivity index (χ0) is 18.7. The van der Waals surface area contributed by atoms with Gasteiger partial charge in [0.1, 0.15) is 0 Å². The highest BCUT2D eigenvalue weighted by molar-refractivity contribution is 5.80. The van der Waals surface area contributed by atoms with Crippen LogP contribution in [0.1, 0.15) is 14.4 Å². The highest BCUT2D eigenvalue weighted by Crippen LogP contribution is 2.23. The third-order valence-corrected chi connectivity index (χ3v) is 4.10. The summed E-state index contributed by atoms with van der Waals surface area (Å²) in [5.41, 5.74) is -0.0210. The molecule has 0 aromatic carbocycles. The molecule has 0 N–H and O–H groups in total. The molecular weight excluding hydrogens is 355 g/mol. The summed E-state index contributed by atoms with van der Waals surface area (Å²) in [5.74, 6) is -0.782. The predicted molar refractivity (Wildman–Crippen MR) is 98.0 cm³/mol. The first-order chi connectivity index (χ1) is 12.5. The van der Waals surface area contributed by atoms with Crippen molar-refractivity contribution in [3.05, 3.63) is 40.7 Å². The second-order valence-corrected chi connectivity index (χ2v) is 5.73. The van der Waals surface area contributed by atoms with Crippen LogP contribution in [-0.4, -0.2) is 52.9 Å². The average molecular weight is 378 g/mol. The predicted octanol–water partition coefficient (Wildman–Crippen LogP) is 1.39. The van der Waals surface area contributed by atoms with Crippen molar-refractivity contribution in [2.24, 2.45) is 7.05 Å². The highest BCUT2D eigenvalue weighted by Gasteiger charge is 2.33. The largest absolute Gasteiger partial charge is 0.464 e. The quantitative estimate of drug-likeness (QED) is 0.743. The van der Waals surface area contributed by atoms with Crippen LogP contribution in [0.3, 0.4) is 0 Å². The van der Waals surface area contributed by atoms with E-state index in [-0.39, 0.29) is 43.4 Å². The first kappa shape index (κ1) is 20.5. The van der Waals surface area contributed by atoms with Crippen LogP contribution in [0.5, 0.6) is 0 Å². The lowest BCUT2D eigenvalue weighted by molar-refractivity contribution is -0.147. The van der Waals surface area contributed by atoms with Crippen LogP contribution >= 0.6 is 0 Å². The molecule has 1 fully saturated rings. The van der Waals surface area contributed by atoms with Crippen molar-refractivity contribution >= 4 is 11.9 Å². The van der Waals surface area contributed by atoms with Crippen molar-refractivity contribution < 1.29 is 18.7 Å². The topological polar surface area (TPSA) is 86.6 Å². The zero-order valence-corrected chi connectivity index (χ0v) is 14.5. The summed E-state index contributed by atoms with van der Waals surface area (Å²) in [6.45, 7) is 2.80. The van der Waals surface area contributed by atoms with Crippen molar-refractivity contribution in [2.75, 3.05) is 31.3 Å². The van der Waals surface area contributed by atoms with Crippen molar-refractivity contribution in [2.45, 2.75) is 20.4 Å². The van der Waals surface area contributed by atoms with E-state index in [1.807, 2.05) is 0 Å². The maximum Gasteiger partial charge on any atom is 0.331 e. The van der Waals surface area contributed by atoms with Gasteiger partial charge in [0, 0.05) is 31.4 Å². The van der Waals surface area contributed by atoms with E-state index in [1.54, 1.807) is 18.9 Å². The number of carbonyl (C=O) groups excluding carboxylic acids is 1. The normalized spacial score (nSPS) is 16.6. The van der Waals surface area contributed by atoms with Crippen molar-refractivity contribution in [1.82, 2.24) is 14.5 Å². The number of hydrogen-bond donors (Lipinski definition) is 0. The lowest BCUT2D eigenvalue weighted by atomic mass is 10.2. The summed E-state index contributed by atoms with van der Waals surface area (Å²) in [4.78, 5) is 34.5. The van der Waals surface area contributed by atoms with Crippen LogP contribution in [0.2, 0.25) is 0 Å². The first-order valence-corrected chi connectivity index (χ1v) is 8.22. The number of anilines is 1. The molecule has 3 heterocycles. The summed E-state index contributed by atoms with van der Waals surface area (Å²) in [6, 6.07) is 1.98. The number of pyridine rings is 1. The smallest absolute Gasteiger partial charge is 0.331 e. The van der Waals surface area contributed by atoms with E-state index in [2.05, 4.69) is 9.97 Å².